The molecule has 6 aliphatic carbocycles. The molecule has 1 aromatic heterocycles. The summed E-state index contributed by atoms with van der Waals surface area (Å²) >= 11 is 5.47. The predicted octanol–water partition coefficient (Wildman–Crippen LogP) is 14.3. The molecule has 6 saturated carbocycles. The molecule has 1 aromatic rings. The summed E-state index contributed by atoms with van der Waals surface area (Å²) in [5.74, 6) is 0. The van der Waals surface area contributed by atoms with E-state index in [1.807, 2.05) is 6.79 Å². The molecule has 1 heterocycles. The fourth-order valence-electron chi connectivity index (χ4n) is 10.4. The van der Waals surface area contributed by atoms with E-state index in [2.05, 4.69) is 11.2 Å². The molecule has 275 valence electrons. The van der Waals surface area contributed by atoms with Gasteiger partial charge in [0.25, 0.3) is 0 Å². The molecular formula is C42H71ClNOP2Ru. The second-order valence-corrected chi connectivity index (χ2v) is 22.4. The van der Waals surface area contributed by atoms with E-state index in [-0.39, 0.29) is 19.5 Å². The maximum Gasteiger partial charge on any atom is 1.00 e. The van der Waals surface area contributed by atoms with Gasteiger partial charge in [-0.2, -0.15) is 11.6 Å². The molecule has 0 unspecified atom stereocenters. The number of carbonyl (C=O) groups is 1. The first-order chi connectivity index (χ1) is 23.3. The zero-order valence-electron chi connectivity index (χ0n) is 30.6. The Hall–Kier alpha value is 0.593. The van der Waals surface area contributed by atoms with Gasteiger partial charge in [0.15, 0.2) is 0 Å². The average molecular weight is 805 g/mol. The van der Waals surface area contributed by atoms with Gasteiger partial charge in [-0.25, -0.2) is 0 Å². The number of halogens is 1. The number of aromatic nitrogens is 1. The minimum Gasteiger partial charge on any atom is -0.394 e. The topological polar surface area (TPSA) is 30.0 Å². The molecule has 7 rings (SSSR count). The standard InChI is InChI=1S/2C18H33P.C5H3ClN.CH2O.Ru/c2*1-4-10-16(11-5-1)19(17-12-6-2-7-13-17)18-14-8-3-9-15-18;6-5-1-3-7-4-2-5;1-2;/h2*16-18H,1-15H2;1-3H;1H2;/q;;-1;;+1. The second kappa shape index (κ2) is 26.4. The smallest absolute Gasteiger partial charge is 0.394 e. The van der Waals surface area contributed by atoms with E-state index in [1.165, 1.54) is 72.5 Å². The van der Waals surface area contributed by atoms with Crippen LogP contribution in [0.25, 0.3) is 0 Å². The molecule has 0 amide bonds. The summed E-state index contributed by atoms with van der Waals surface area (Å²) in [6.07, 6.45) is 51.4. The first-order valence-electron chi connectivity index (χ1n) is 20.6. The van der Waals surface area contributed by atoms with Gasteiger partial charge in [0, 0.05) is 0 Å². The Labute approximate surface area is 317 Å². The van der Waals surface area contributed by atoms with Crippen molar-refractivity contribution in [3.05, 3.63) is 29.5 Å². The van der Waals surface area contributed by atoms with Gasteiger partial charge >= 0.3 is 19.5 Å². The first kappa shape index (κ1) is 43.0. The van der Waals surface area contributed by atoms with Crippen LogP contribution in [-0.4, -0.2) is 45.7 Å². The van der Waals surface area contributed by atoms with Crippen molar-refractivity contribution in [3.63, 3.8) is 0 Å². The summed E-state index contributed by atoms with van der Waals surface area (Å²) in [5, 5.41) is 0.676. The molecule has 6 fully saturated rings. The Kier molecular flexibility index (Phi) is 23.6. The number of carbonyl (C=O) groups excluding carboxylic acids is 1. The summed E-state index contributed by atoms with van der Waals surface area (Å²) in [5.41, 5.74) is 7.14. The largest absolute Gasteiger partial charge is 1.00 e. The fraction of sp³-hybridized carbons (Fsp3) is 0.857. The summed E-state index contributed by atoms with van der Waals surface area (Å²) in [6, 6.07) is 3.32. The van der Waals surface area contributed by atoms with Crippen molar-refractivity contribution in [3.8, 4) is 0 Å². The van der Waals surface area contributed by atoms with Crippen molar-refractivity contribution in [1.82, 2.24) is 4.98 Å². The van der Waals surface area contributed by atoms with Crippen molar-refractivity contribution >= 4 is 34.2 Å². The Morgan fingerprint density at radius 3 is 0.854 bits per heavy atom. The molecule has 6 heteroatoms. The monoisotopic (exact) mass is 804 g/mol. The normalized spacial score (nSPS) is 24.2. The van der Waals surface area contributed by atoms with E-state index < -0.39 is 0 Å². The van der Waals surface area contributed by atoms with E-state index in [1.54, 1.807) is 172 Å². The van der Waals surface area contributed by atoms with E-state index >= 15 is 0 Å². The van der Waals surface area contributed by atoms with Crippen LogP contribution in [0.3, 0.4) is 0 Å². The molecule has 0 bridgehead atoms. The zero-order chi connectivity index (χ0) is 32.9. The number of hydrogen-bond acceptors (Lipinski definition) is 2. The molecule has 2 nitrogen and oxygen atoms in total. The zero-order valence-corrected chi connectivity index (χ0v) is 34.9. The molecular weight excluding hydrogens is 733 g/mol. The number of hydrogen-bond donors (Lipinski definition) is 0. The molecule has 0 atom stereocenters. The summed E-state index contributed by atoms with van der Waals surface area (Å²) < 4.78 is 0. The van der Waals surface area contributed by atoms with E-state index in [0.29, 0.717) is 20.9 Å². The van der Waals surface area contributed by atoms with Crippen LogP contribution in [0.4, 0.5) is 0 Å². The van der Waals surface area contributed by atoms with Crippen molar-refractivity contribution in [2.24, 2.45) is 0 Å². The van der Waals surface area contributed by atoms with Crippen LogP contribution in [0.5, 0.6) is 0 Å². The Bertz CT molecular complexity index is 751. The van der Waals surface area contributed by atoms with Gasteiger partial charge in [0.1, 0.15) is 6.79 Å². The van der Waals surface area contributed by atoms with Gasteiger partial charge in [-0.1, -0.05) is 149 Å². The molecule has 0 saturated heterocycles. The van der Waals surface area contributed by atoms with Gasteiger partial charge < -0.3 is 9.78 Å². The van der Waals surface area contributed by atoms with Crippen LogP contribution < -0.4 is 0 Å². The molecule has 0 aliphatic heterocycles. The maximum atomic E-state index is 8.00. The van der Waals surface area contributed by atoms with Crippen molar-refractivity contribution in [2.75, 3.05) is 0 Å². The van der Waals surface area contributed by atoms with Crippen LogP contribution >= 0.6 is 27.4 Å². The number of nitrogens with zero attached hydrogens (tertiary/aromatic N) is 1. The Morgan fingerprint density at radius 2 is 0.708 bits per heavy atom. The molecule has 48 heavy (non-hydrogen) atoms. The average Bonchev–Trinajstić information content (AvgIpc) is 3.16. The van der Waals surface area contributed by atoms with E-state index in [9.17, 15) is 0 Å². The molecule has 0 N–H and O–H groups in total. The first-order valence-corrected chi connectivity index (χ1v) is 24.1. The quantitative estimate of drug-likeness (QED) is 0.163. The molecule has 6 aliphatic rings. The minimum atomic E-state index is 0. The number of rotatable bonds is 6. The van der Waals surface area contributed by atoms with Crippen molar-refractivity contribution in [2.45, 2.75) is 227 Å². The maximum absolute atomic E-state index is 8.00. The van der Waals surface area contributed by atoms with Gasteiger partial charge in [-0.3, -0.25) is 0 Å². The van der Waals surface area contributed by atoms with Crippen LogP contribution in [0.15, 0.2) is 18.3 Å². The molecule has 0 aromatic carbocycles. The van der Waals surface area contributed by atoms with Gasteiger partial charge in [-0.05, 0) is 111 Å². The van der Waals surface area contributed by atoms with Crippen LogP contribution in [0.2, 0.25) is 5.02 Å². The minimum absolute atomic E-state index is 0. The third-order valence-electron chi connectivity index (χ3n) is 12.6. The summed E-state index contributed by atoms with van der Waals surface area (Å²) in [7, 11) is 0.770. The molecule has 1 radical (unpaired) electrons. The SMILES string of the molecule is C1CCC(P(C2CCCCC2)C2CCCCC2)CC1.C1CCC(P(C2CCCCC2)C2CCCCC2)CC1.C=O.Clc1c[c-]ncc1.[Ru+]. The van der Waals surface area contributed by atoms with Crippen LogP contribution in [0.1, 0.15) is 193 Å². The predicted molar refractivity (Wildman–Crippen MR) is 210 cm³/mol. The Morgan fingerprint density at radius 1 is 0.479 bits per heavy atom. The third-order valence-corrected chi connectivity index (χ3v) is 21.0. The van der Waals surface area contributed by atoms with Gasteiger partial charge in [0.2, 0.25) is 0 Å². The van der Waals surface area contributed by atoms with Crippen molar-refractivity contribution < 1.29 is 24.3 Å². The second-order valence-electron chi connectivity index (χ2n) is 15.7. The summed E-state index contributed by atoms with van der Waals surface area (Å²) in [6.45, 7) is 2.00. The van der Waals surface area contributed by atoms with Crippen LogP contribution in [-0.2, 0) is 24.3 Å². The Balaban J connectivity index is 0.000000205. The third kappa shape index (κ3) is 14.9. The van der Waals surface area contributed by atoms with Crippen LogP contribution in [0, 0.1) is 6.20 Å². The fourth-order valence-corrected chi connectivity index (χ4v) is 19.8. The van der Waals surface area contributed by atoms with E-state index in [0.717, 1.165) is 0 Å². The van der Waals surface area contributed by atoms with E-state index in [4.69, 9.17) is 16.4 Å². The van der Waals surface area contributed by atoms with Crippen molar-refractivity contribution in [1.29, 1.82) is 0 Å². The van der Waals surface area contributed by atoms with Gasteiger partial charge in [0.05, 0.1) is 0 Å². The number of pyridine rings is 1. The molecule has 0 spiro atoms. The van der Waals surface area contributed by atoms with Gasteiger partial charge in [-0.15, -0.1) is 12.1 Å². The summed E-state index contributed by atoms with van der Waals surface area (Å²) in [4.78, 5) is 11.6.